The number of nitrogen functional groups attached to an aromatic ring is 2. The molecule has 0 radical (unpaired) electrons. The van der Waals surface area contributed by atoms with Crippen molar-refractivity contribution in [1.29, 1.82) is 5.41 Å². The van der Waals surface area contributed by atoms with Gasteiger partial charge >= 0.3 is 5.69 Å². The Morgan fingerprint density at radius 2 is 2.08 bits per heavy atom. The molecule has 1 atom stereocenters. The fourth-order valence-corrected chi connectivity index (χ4v) is 4.21. The molecule has 1 aliphatic rings. The molecule has 11 heteroatoms. The van der Waals surface area contributed by atoms with E-state index in [2.05, 4.69) is 20.4 Å². The van der Waals surface area contributed by atoms with E-state index in [0.717, 1.165) is 40.1 Å². The van der Waals surface area contributed by atoms with E-state index in [4.69, 9.17) is 26.4 Å². The van der Waals surface area contributed by atoms with Crippen LogP contribution in [0.3, 0.4) is 0 Å². The second-order valence-corrected chi connectivity index (χ2v) is 8.38. The highest BCUT2D eigenvalue weighted by Gasteiger charge is 2.25. The number of nitrogens with one attached hydrogen (secondary N) is 3. The van der Waals surface area contributed by atoms with Gasteiger partial charge in [-0.15, -0.1) is 5.10 Å². The van der Waals surface area contributed by atoms with Crippen LogP contribution in [0, 0.1) is 5.41 Å². The Labute approximate surface area is 206 Å². The number of aryl methyl sites for hydroxylation is 1. The standard InChI is InChI=1S/C25H26N8O3/c1-35-19-13-16(12-15-4-3-11-36-21(15)19)20(30-17-8-6-14(7-9-17)22(27)28)23-31-25(34)33(32-23)24-18(26)5-2-10-29-24/h2,5-10,12-13,20,30H,3-4,11,26H2,1H3,(H3,27,28)(H,31,32,34). The zero-order valence-corrected chi connectivity index (χ0v) is 19.6. The number of nitrogens with two attached hydrogens (primary N) is 2. The molecule has 0 saturated carbocycles. The van der Waals surface area contributed by atoms with Crippen LogP contribution >= 0.6 is 0 Å². The highest BCUT2D eigenvalue weighted by atomic mass is 16.5. The summed E-state index contributed by atoms with van der Waals surface area (Å²) in [6.45, 7) is 0.635. The summed E-state index contributed by atoms with van der Waals surface area (Å²) in [5.41, 5.74) is 14.7. The Balaban J connectivity index is 1.62. The van der Waals surface area contributed by atoms with Crippen molar-refractivity contribution in [1.82, 2.24) is 19.7 Å². The average molecular weight is 487 g/mol. The van der Waals surface area contributed by atoms with Crippen molar-refractivity contribution in [2.45, 2.75) is 18.9 Å². The molecule has 0 aliphatic carbocycles. The van der Waals surface area contributed by atoms with Gasteiger partial charge in [0.25, 0.3) is 0 Å². The molecule has 3 heterocycles. The summed E-state index contributed by atoms with van der Waals surface area (Å²) in [7, 11) is 1.60. The molecule has 0 bridgehead atoms. The molecule has 0 amide bonds. The molecule has 36 heavy (non-hydrogen) atoms. The largest absolute Gasteiger partial charge is 0.493 e. The fraction of sp³-hybridized carbons (Fsp3) is 0.200. The van der Waals surface area contributed by atoms with Crippen molar-refractivity contribution < 1.29 is 9.47 Å². The number of nitrogens with zero attached hydrogens (tertiary/aromatic N) is 3. The number of benzene rings is 2. The number of anilines is 2. The van der Waals surface area contributed by atoms with Gasteiger partial charge in [0.1, 0.15) is 11.9 Å². The Hall–Kier alpha value is -4.80. The molecule has 4 aromatic rings. The number of ether oxygens (including phenoxy) is 2. The molecule has 7 N–H and O–H groups in total. The van der Waals surface area contributed by atoms with E-state index < -0.39 is 11.7 Å². The summed E-state index contributed by atoms with van der Waals surface area (Å²) in [6.07, 6.45) is 3.29. The number of hydrogen-bond acceptors (Lipinski definition) is 8. The number of fused-ring (bicyclic) bond motifs is 1. The normalized spacial score (nSPS) is 13.4. The highest BCUT2D eigenvalue weighted by Crippen LogP contribution is 2.39. The number of methoxy groups -OCH3 is 1. The van der Waals surface area contributed by atoms with E-state index in [1.165, 1.54) is 0 Å². The van der Waals surface area contributed by atoms with Crippen LogP contribution in [0.4, 0.5) is 11.4 Å². The predicted octanol–water partition coefficient (Wildman–Crippen LogP) is 2.36. The third-order valence-electron chi connectivity index (χ3n) is 5.98. The molecular weight excluding hydrogens is 460 g/mol. The first-order valence-corrected chi connectivity index (χ1v) is 11.4. The van der Waals surface area contributed by atoms with Crippen molar-refractivity contribution in [2.75, 3.05) is 24.8 Å². The Morgan fingerprint density at radius 1 is 1.28 bits per heavy atom. The molecule has 1 aliphatic heterocycles. The zero-order chi connectivity index (χ0) is 25.2. The maximum Gasteiger partial charge on any atom is 0.349 e. The summed E-state index contributed by atoms with van der Waals surface area (Å²) in [5.74, 6) is 1.92. The third kappa shape index (κ3) is 4.33. The van der Waals surface area contributed by atoms with Crippen molar-refractivity contribution >= 4 is 17.2 Å². The molecule has 2 aromatic carbocycles. The van der Waals surface area contributed by atoms with Crippen LogP contribution in [-0.4, -0.2) is 39.3 Å². The predicted molar refractivity (Wildman–Crippen MR) is 136 cm³/mol. The highest BCUT2D eigenvalue weighted by molar-refractivity contribution is 5.95. The smallest absolute Gasteiger partial charge is 0.349 e. The maximum absolute atomic E-state index is 12.9. The quantitative estimate of drug-likeness (QED) is 0.196. The van der Waals surface area contributed by atoms with Gasteiger partial charge < -0.3 is 26.3 Å². The van der Waals surface area contributed by atoms with Gasteiger partial charge in [0.15, 0.2) is 23.1 Å². The lowest BCUT2D eigenvalue weighted by Gasteiger charge is -2.24. The van der Waals surface area contributed by atoms with Crippen LogP contribution < -0.4 is 31.9 Å². The summed E-state index contributed by atoms with van der Waals surface area (Å²) in [4.78, 5) is 20.0. The number of H-pyrrole nitrogens is 1. The van der Waals surface area contributed by atoms with Crippen LogP contribution in [0.5, 0.6) is 11.5 Å². The molecular formula is C25H26N8O3. The Morgan fingerprint density at radius 3 is 2.81 bits per heavy atom. The first kappa shape index (κ1) is 23.0. The van der Waals surface area contributed by atoms with E-state index in [9.17, 15) is 4.79 Å². The first-order chi connectivity index (χ1) is 17.4. The third-order valence-corrected chi connectivity index (χ3v) is 5.98. The minimum Gasteiger partial charge on any atom is -0.493 e. The Kier molecular flexibility index (Phi) is 6.03. The minimum atomic E-state index is -0.562. The maximum atomic E-state index is 12.9. The topological polar surface area (TPSA) is 170 Å². The van der Waals surface area contributed by atoms with Crippen molar-refractivity contribution in [3.63, 3.8) is 0 Å². The Bertz CT molecular complexity index is 1460. The van der Waals surface area contributed by atoms with Gasteiger partial charge in [-0.2, -0.15) is 4.68 Å². The van der Waals surface area contributed by atoms with Gasteiger partial charge in [-0.05, 0) is 72.5 Å². The lowest BCUT2D eigenvalue weighted by Crippen LogP contribution is -2.18. The van der Waals surface area contributed by atoms with Crippen LogP contribution in [0.2, 0.25) is 0 Å². The van der Waals surface area contributed by atoms with Crippen molar-refractivity contribution in [3.8, 4) is 17.3 Å². The summed E-state index contributed by atoms with van der Waals surface area (Å²) in [5, 5.41) is 15.6. The van der Waals surface area contributed by atoms with E-state index in [1.54, 1.807) is 37.6 Å². The van der Waals surface area contributed by atoms with Gasteiger partial charge in [-0.1, -0.05) is 0 Å². The van der Waals surface area contributed by atoms with Crippen LogP contribution in [0.25, 0.3) is 5.82 Å². The molecule has 0 fully saturated rings. The molecule has 0 spiro atoms. The molecule has 184 valence electrons. The van der Waals surface area contributed by atoms with E-state index in [-0.39, 0.29) is 11.7 Å². The average Bonchev–Trinajstić information content (AvgIpc) is 3.27. The number of pyridine rings is 1. The second kappa shape index (κ2) is 9.45. The molecule has 5 rings (SSSR count). The molecule has 2 aromatic heterocycles. The number of aromatic amines is 1. The van der Waals surface area contributed by atoms with Gasteiger partial charge in [0, 0.05) is 17.4 Å². The second-order valence-electron chi connectivity index (χ2n) is 8.38. The SMILES string of the molecule is COc1cc(C(Nc2ccc(C(=N)N)cc2)c2nn(-c3ncccc3N)c(=O)[nH]2)cc2c1OCCC2. The molecule has 1 unspecified atom stereocenters. The summed E-state index contributed by atoms with van der Waals surface area (Å²) in [6, 6.07) is 13.8. The molecule has 0 saturated heterocycles. The monoisotopic (exact) mass is 486 g/mol. The number of aromatic nitrogens is 4. The van der Waals surface area contributed by atoms with Gasteiger partial charge in [-0.25, -0.2) is 9.78 Å². The first-order valence-electron chi connectivity index (χ1n) is 11.4. The molecule has 11 nitrogen and oxygen atoms in total. The summed E-state index contributed by atoms with van der Waals surface area (Å²) < 4.78 is 12.6. The van der Waals surface area contributed by atoms with Crippen LogP contribution in [0.15, 0.2) is 59.5 Å². The van der Waals surface area contributed by atoms with Gasteiger partial charge in [0.2, 0.25) is 0 Å². The van der Waals surface area contributed by atoms with Crippen molar-refractivity contribution in [3.05, 3.63) is 87.7 Å². The van der Waals surface area contributed by atoms with E-state index >= 15 is 0 Å². The number of hydrogen-bond donors (Lipinski definition) is 5. The van der Waals surface area contributed by atoms with E-state index in [0.29, 0.717) is 29.4 Å². The lowest BCUT2D eigenvalue weighted by molar-refractivity contribution is 0.269. The van der Waals surface area contributed by atoms with E-state index in [1.807, 2.05) is 24.3 Å². The number of rotatable bonds is 7. The number of amidine groups is 1. The summed E-state index contributed by atoms with van der Waals surface area (Å²) >= 11 is 0. The van der Waals surface area contributed by atoms with Gasteiger partial charge in [0.05, 0.1) is 19.4 Å². The minimum absolute atomic E-state index is 0.0199. The lowest BCUT2D eigenvalue weighted by atomic mass is 9.97. The van der Waals surface area contributed by atoms with Crippen LogP contribution in [0.1, 0.15) is 35.0 Å². The van der Waals surface area contributed by atoms with Gasteiger partial charge in [-0.3, -0.25) is 10.4 Å². The fourth-order valence-electron chi connectivity index (χ4n) is 4.21. The van der Waals surface area contributed by atoms with Crippen molar-refractivity contribution in [2.24, 2.45) is 5.73 Å². The van der Waals surface area contributed by atoms with Crippen LogP contribution in [-0.2, 0) is 6.42 Å². The zero-order valence-electron chi connectivity index (χ0n) is 19.6.